The number of hydrogen-bond acceptors (Lipinski definition) is 7. The second-order valence-electron chi connectivity index (χ2n) is 8.09. The van der Waals surface area contributed by atoms with Gasteiger partial charge in [-0.15, -0.1) is 5.10 Å². The van der Waals surface area contributed by atoms with E-state index in [9.17, 15) is 0 Å². The van der Waals surface area contributed by atoms with Crippen LogP contribution in [0.4, 0.5) is 11.6 Å². The van der Waals surface area contributed by atoms with Crippen LogP contribution in [0.25, 0.3) is 0 Å². The molecule has 1 saturated carbocycles. The minimum Gasteiger partial charge on any atom is -0.355 e. The van der Waals surface area contributed by atoms with E-state index in [0.29, 0.717) is 12.1 Å². The van der Waals surface area contributed by atoms with Crippen molar-refractivity contribution >= 4 is 11.6 Å². The van der Waals surface area contributed by atoms with Crippen molar-refractivity contribution in [2.24, 2.45) is 0 Å². The van der Waals surface area contributed by atoms with E-state index in [-0.39, 0.29) is 0 Å². The van der Waals surface area contributed by atoms with Crippen molar-refractivity contribution in [1.82, 2.24) is 25.1 Å². The summed E-state index contributed by atoms with van der Waals surface area (Å²) >= 11 is 0. The first-order chi connectivity index (χ1) is 13.3. The zero-order chi connectivity index (χ0) is 18.2. The lowest BCUT2D eigenvalue weighted by Gasteiger charge is -2.40. The summed E-state index contributed by atoms with van der Waals surface area (Å²) in [4.78, 5) is 15.9. The molecule has 0 N–H and O–H groups in total. The van der Waals surface area contributed by atoms with E-state index in [0.717, 1.165) is 57.1 Å². The van der Waals surface area contributed by atoms with Gasteiger partial charge < -0.3 is 14.7 Å². The van der Waals surface area contributed by atoms with Gasteiger partial charge in [0.1, 0.15) is 12.1 Å². The van der Waals surface area contributed by atoms with Gasteiger partial charge in [0.2, 0.25) is 0 Å². The molecule has 4 heterocycles. The average molecular weight is 365 g/mol. The molecule has 7 nitrogen and oxygen atoms in total. The lowest BCUT2D eigenvalue weighted by atomic mass is 10.0. The van der Waals surface area contributed by atoms with Crippen LogP contribution in [0, 0.1) is 0 Å². The number of aromatic nitrogens is 4. The molecule has 5 rings (SSSR count). The van der Waals surface area contributed by atoms with E-state index in [1.54, 1.807) is 6.33 Å². The Morgan fingerprint density at radius 2 is 1.85 bits per heavy atom. The topological polar surface area (TPSA) is 61.3 Å². The maximum atomic E-state index is 4.54. The molecular weight excluding hydrogens is 338 g/mol. The molecule has 2 aromatic heterocycles. The smallest absolute Gasteiger partial charge is 0.151 e. The second kappa shape index (κ2) is 7.03. The van der Waals surface area contributed by atoms with Crippen molar-refractivity contribution in [3.05, 3.63) is 35.9 Å². The van der Waals surface area contributed by atoms with E-state index < -0.39 is 0 Å². The molecule has 3 aliphatic rings. The Morgan fingerprint density at radius 1 is 1.04 bits per heavy atom. The van der Waals surface area contributed by atoms with E-state index in [2.05, 4.69) is 54.0 Å². The standard InChI is InChI=1S/C20H27N7/c1-25-9-7-18-15(13-25)12-20(24-23-18)26-10-5-17(6-11-26)27(16-2-3-16)19-4-8-21-14-22-19/h4,8,12,14,16-17H,2-3,5-7,9-11,13H2,1H3. The van der Waals surface area contributed by atoms with Gasteiger partial charge in [-0.3, -0.25) is 0 Å². The summed E-state index contributed by atoms with van der Waals surface area (Å²) in [7, 11) is 2.17. The zero-order valence-corrected chi connectivity index (χ0v) is 16.0. The van der Waals surface area contributed by atoms with Crippen LogP contribution >= 0.6 is 0 Å². The third kappa shape index (κ3) is 3.48. The largest absolute Gasteiger partial charge is 0.355 e. The number of hydrogen-bond donors (Lipinski definition) is 0. The Balaban J connectivity index is 1.28. The molecule has 2 aromatic rings. The van der Waals surface area contributed by atoms with E-state index in [1.807, 2.05) is 6.20 Å². The van der Waals surface area contributed by atoms with E-state index >= 15 is 0 Å². The minimum absolute atomic E-state index is 0.556. The number of fused-ring (bicyclic) bond motifs is 1. The molecule has 27 heavy (non-hydrogen) atoms. The average Bonchev–Trinajstić information content (AvgIpc) is 3.54. The number of anilines is 2. The van der Waals surface area contributed by atoms with Crippen LogP contribution in [0.1, 0.15) is 36.9 Å². The molecule has 2 aliphatic heterocycles. The monoisotopic (exact) mass is 365 g/mol. The number of piperidine rings is 1. The Kier molecular flexibility index (Phi) is 4.39. The number of likely N-dealkylation sites (N-methyl/N-ethyl adjacent to an activating group) is 1. The van der Waals surface area contributed by atoms with E-state index in [4.69, 9.17) is 0 Å². The van der Waals surface area contributed by atoms with Crippen molar-refractivity contribution in [1.29, 1.82) is 0 Å². The van der Waals surface area contributed by atoms with Crippen LogP contribution in [-0.2, 0) is 13.0 Å². The summed E-state index contributed by atoms with van der Waals surface area (Å²) in [5, 5.41) is 9.06. The Bertz CT molecular complexity index is 784. The van der Waals surface area contributed by atoms with Gasteiger partial charge >= 0.3 is 0 Å². The lowest BCUT2D eigenvalue weighted by Crippen LogP contribution is -2.46. The van der Waals surface area contributed by atoms with Crippen LogP contribution in [0.3, 0.4) is 0 Å². The third-order valence-electron chi connectivity index (χ3n) is 6.07. The van der Waals surface area contributed by atoms with Crippen molar-refractivity contribution < 1.29 is 0 Å². The fourth-order valence-corrected chi connectivity index (χ4v) is 4.45. The van der Waals surface area contributed by atoms with Crippen LogP contribution in [0.15, 0.2) is 24.7 Å². The minimum atomic E-state index is 0.556. The molecule has 142 valence electrons. The lowest BCUT2D eigenvalue weighted by molar-refractivity contribution is 0.308. The molecule has 1 saturated heterocycles. The third-order valence-corrected chi connectivity index (χ3v) is 6.07. The molecule has 1 aliphatic carbocycles. The first-order valence-electron chi connectivity index (χ1n) is 10.1. The summed E-state index contributed by atoms with van der Waals surface area (Å²) in [5.74, 6) is 2.13. The van der Waals surface area contributed by atoms with Crippen molar-refractivity contribution in [2.45, 2.75) is 50.7 Å². The Hall–Kier alpha value is -2.28. The number of nitrogens with zero attached hydrogens (tertiary/aromatic N) is 7. The molecule has 2 fully saturated rings. The summed E-state index contributed by atoms with van der Waals surface area (Å²) in [6, 6.07) is 5.54. The molecule has 0 amide bonds. The Labute approximate surface area is 160 Å². The first kappa shape index (κ1) is 16.9. The second-order valence-corrected chi connectivity index (χ2v) is 8.09. The molecule has 0 spiro atoms. The normalized spacial score (nSPS) is 21.1. The summed E-state index contributed by atoms with van der Waals surface area (Å²) in [6.07, 6.45) is 9.38. The highest BCUT2D eigenvalue weighted by atomic mass is 15.3. The van der Waals surface area contributed by atoms with Crippen LogP contribution in [-0.4, -0.2) is 63.8 Å². The molecule has 0 bridgehead atoms. The van der Waals surface area contributed by atoms with Gasteiger partial charge in [0, 0.05) is 50.9 Å². The molecule has 0 unspecified atom stereocenters. The molecule has 0 atom stereocenters. The first-order valence-corrected chi connectivity index (χ1v) is 10.1. The predicted octanol–water partition coefficient (Wildman–Crippen LogP) is 1.89. The van der Waals surface area contributed by atoms with Gasteiger partial charge in [-0.2, -0.15) is 5.10 Å². The van der Waals surface area contributed by atoms with Crippen molar-refractivity contribution in [2.75, 3.05) is 36.5 Å². The van der Waals surface area contributed by atoms with Gasteiger partial charge in [-0.25, -0.2) is 9.97 Å². The Morgan fingerprint density at radius 3 is 2.59 bits per heavy atom. The van der Waals surface area contributed by atoms with E-state index in [1.165, 1.54) is 24.1 Å². The van der Waals surface area contributed by atoms with Crippen LogP contribution in [0.2, 0.25) is 0 Å². The summed E-state index contributed by atoms with van der Waals surface area (Å²) in [6.45, 7) is 4.12. The van der Waals surface area contributed by atoms with Crippen molar-refractivity contribution in [3.8, 4) is 0 Å². The van der Waals surface area contributed by atoms with Gasteiger partial charge in [0.25, 0.3) is 0 Å². The van der Waals surface area contributed by atoms with Crippen LogP contribution in [0.5, 0.6) is 0 Å². The molecule has 7 heteroatoms. The molecule has 0 aromatic carbocycles. The highest BCUT2D eigenvalue weighted by molar-refractivity contribution is 5.45. The zero-order valence-electron chi connectivity index (χ0n) is 16.0. The van der Waals surface area contributed by atoms with Gasteiger partial charge in [-0.1, -0.05) is 0 Å². The highest BCUT2D eigenvalue weighted by Crippen LogP contribution is 2.35. The quantitative estimate of drug-likeness (QED) is 0.820. The van der Waals surface area contributed by atoms with Crippen LogP contribution < -0.4 is 9.80 Å². The summed E-state index contributed by atoms with van der Waals surface area (Å²) in [5.41, 5.74) is 2.52. The maximum Gasteiger partial charge on any atom is 0.151 e. The van der Waals surface area contributed by atoms with Gasteiger partial charge in [0.05, 0.1) is 5.69 Å². The SMILES string of the molecule is CN1CCc2nnc(N3CCC(N(c4ccncn4)C4CC4)CC3)cc2C1. The molecular formula is C20H27N7. The van der Waals surface area contributed by atoms with Crippen molar-refractivity contribution in [3.63, 3.8) is 0 Å². The maximum absolute atomic E-state index is 4.54. The predicted molar refractivity (Wildman–Crippen MR) is 105 cm³/mol. The summed E-state index contributed by atoms with van der Waals surface area (Å²) < 4.78 is 0. The number of rotatable bonds is 4. The molecule has 0 radical (unpaired) electrons. The fraction of sp³-hybridized carbons (Fsp3) is 0.600. The highest BCUT2D eigenvalue weighted by Gasteiger charge is 2.36. The fourth-order valence-electron chi connectivity index (χ4n) is 4.45. The van der Waals surface area contributed by atoms with Gasteiger partial charge in [-0.05, 0) is 50.4 Å². The van der Waals surface area contributed by atoms with Gasteiger partial charge in [0.15, 0.2) is 5.82 Å².